The van der Waals surface area contributed by atoms with Gasteiger partial charge in [0.2, 0.25) is 5.91 Å². The molecule has 1 aliphatic carbocycles. The van der Waals surface area contributed by atoms with Gasteiger partial charge in [-0.25, -0.2) is 0 Å². The SMILES string of the molecule is CNC1CCCCC1C(N)=O. The van der Waals surface area contributed by atoms with Crippen LogP contribution in [0.1, 0.15) is 25.7 Å². The lowest BCUT2D eigenvalue weighted by atomic mass is 9.84. The van der Waals surface area contributed by atoms with Crippen LogP contribution in [0.15, 0.2) is 0 Å². The molecule has 3 heteroatoms. The Bertz CT molecular complexity index is 147. The maximum Gasteiger partial charge on any atom is 0.222 e. The Hall–Kier alpha value is -0.570. The number of hydrogen-bond acceptors (Lipinski definition) is 2. The zero-order valence-corrected chi connectivity index (χ0v) is 6.97. The van der Waals surface area contributed by atoms with Crippen LogP contribution in [-0.2, 0) is 4.79 Å². The molecule has 0 aromatic heterocycles. The maximum absolute atomic E-state index is 10.9. The molecule has 1 aliphatic rings. The van der Waals surface area contributed by atoms with Crippen LogP contribution in [0.3, 0.4) is 0 Å². The summed E-state index contributed by atoms with van der Waals surface area (Å²) in [4.78, 5) is 10.9. The molecular formula is C8H16N2O. The van der Waals surface area contributed by atoms with Crippen LogP contribution in [0, 0.1) is 5.92 Å². The number of carbonyl (C=O) groups excluding carboxylic acids is 1. The minimum Gasteiger partial charge on any atom is -0.369 e. The highest BCUT2D eigenvalue weighted by Gasteiger charge is 2.27. The predicted molar refractivity (Wildman–Crippen MR) is 44.0 cm³/mol. The molecule has 11 heavy (non-hydrogen) atoms. The molecule has 0 saturated heterocycles. The van der Waals surface area contributed by atoms with Crippen LogP contribution in [0.25, 0.3) is 0 Å². The zero-order chi connectivity index (χ0) is 8.27. The summed E-state index contributed by atoms with van der Waals surface area (Å²) in [6.45, 7) is 0. The highest BCUT2D eigenvalue weighted by Crippen LogP contribution is 2.23. The van der Waals surface area contributed by atoms with Crippen molar-refractivity contribution in [3.8, 4) is 0 Å². The highest BCUT2D eigenvalue weighted by molar-refractivity contribution is 5.77. The van der Waals surface area contributed by atoms with Crippen molar-refractivity contribution in [1.29, 1.82) is 0 Å². The first-order valence-corrected chi connectivity index (χ1v) is 4.22. The normalized spacial score (nSPS) is 31.7. The van der Waals surface area contributed by atoms with Gasteiger partial charge >= 0.3 is 0 Å². The van der Waals surface area contributed by atoms with Crippen molar-refractivity contribution in [3.63, 3.8) is 0 Å². The van der Waals surface area contributed by atoms with Crippen molar-refractivity contribution < 1.29 is 4.79 Å². The summed E-state index contributed by atoms with van der Waals surface area (Å²) in [5.74, 6) is -0.0854. The molecule has 0 aromatic rings. The van der Waals surface area contributed by atoms with Crippen LogP contribution in [0.4, 0.5) is 0 Å². The summed E-state index contributed by atoms with van der Waals surface area (Å²) >= 11 is 0. The fourth-order valence-electron chi connectivity index (χ4n) is 1.82. The Balaban J connectivity index is 2.51. The second kappa shape index (κ2) is 3.72. The molecule has 0 heterocycles. The summed E-state index contributed by atoms with van der Waals surface area (Å²) in [6, 6.07) is 0.321. The standard InChI is InChI=1S/C8H16N2O/c1-10-7-5-3-2-4-6(7)8(9)11/h6-7,10H,2-5H2,1H3,(H2,9,11). The largest absolute Gasteiger partial charge is 0.369 e. The van der Waals surface area contributed by atoms with E-state index in [-0.39, 0.29) is 11.8 Å². The number of rotatable bonds is 2. The summed E-state index contributed by atoms with van der Waals surface area (Å²) in [5.41, 5.74) is 5.25. The van der Waals surface area contributed by atoms with Crippen LogP contribution in [0.5, 0.6) is 0 Å². The molecule has 0 bridgehead atoms. The molecule has 64 valence electrons. The number of nitrogens with one attached hydrogen (secondary N) is 1. The Morgan fingerprint density at radius 2 is 2.09 bits per heavy atom. The number of amides is 1. The lowest BCUT2D eigenvalue weighted by molar-refractivity contribution is -0.123. The molecule has 0 radical (unpaired) electrons. The molecule has 2 unspecified atom stereocenters. The van der Waals surface area contributed by atoms with E-state index in [0.717, 1.165) is 19.3 Å². The second-order valence-corrected chi connectivity index (χ2v) is 3.19. The average Bonchev–Trinajstić information content (AvgIpc) is 2.04. The zero-order valence-electron chi connectivity index (χ0n) is 6.97. The predicted octanol–water partition coefficient (Wildman–Crippen LogP) is 0.250. The smallest absolute Gasteiger partial charge is 0.222 e. The number of nitrogens with two attached hydrogens (primary N) is 1. The van der Waals surface area contributed by atoms with Gasteiger partial charge in [-0.05, 0) is 19.9 Å². The molecule has 1 fully saturated rings. The molecule has 0 aromatic carbocycles. The summed E-state index contributed by atoms with van der Waals surface area (Å²) < 4.78 is 0. The van der Waals surface area contributed by atoms with E-state index in [1.807, 2.05) is 7.05 Å². The van der Waals surface area contributed by atoms with Crippen molar-refractivity contribution >= 4 is 5.91 Å². The van der Waals surface area contributed by atoms with E-state index in [9.17, 15) is 4.79 Å². The van der Waals surface area contributed by atoms with Crippen LogP contribution in [0.2, 0.25) is 0 Å². The van der Waals surface area contributed by atoms with E-state index >= 15 is 0 Å². The summed E-state index contributed by atoms with van der Waals surface area (Å²) in [5, 5.41) is 3.13. The van der Waals surface area contributed by atoms with Crippen LogP contribution in [-0.4, -0.2) is 19.0 Å². The van der Waals surface area contributed by atoms with E-state index in [0.29, 0.717) is 6.04 Å². The topological polar surface area (TPSA) is 55.1 Å². The van der Waals surface area contributed by atoms with Crippen molar-refractivity contribution in [2.24, 2.45) is 11.7 Å². The van der Waals surface area contributed by atoms with Gasteiger partial charge in [-0.15, -0.1) is 0 Å². The van der Waals surface area contributed by atoms with E-state index in [4.69, 9.17) is 5.73 Å². The average molecular weight is 156 g/mol. The minimum atomic E-state index is -0.149. The first kappa shape index (κ1) is 8.53. The van der Waals surface area contributed by atoms with Gasteiger partial charge in [0, 0.05) is 6.04 Å². The summed E-state index contributed by atoms with van der Waals surface area (Å²) in [6.07, 6.45) is 4.41. The van der Waals surface area contributed by atoms with Gasteiger partial charge in [0.15, 0.2) is 0 Å². The van der Waals surface area contributed by atoms with Crippen molar-refractivity contribution in [1.82, 2.24) is 5.32 Å². The van der Waals surface area contributed by atoms with Gasteiger partial charge in [0.25, 0.3) is 0 Å². The van der Waals surface area contributed by atoms with Gasteiger partial charge in [-0.2, -0.15) is 0 Å². The van der Waals surface area contributed by atoms with E-state index < -0.39 is 0 Å². The molecule has 2 atom stereocenters. The van der Waals surface area contributed by atoms with Gasteiger partial charge < -0.3 is 11.1 Å². The summed E-state index contributed by atoms with van der Waals surface area (Å²) in [7, 11) is 1.89. The van der Waals surface area contributed by atoms with Crippen molar-refractivity contribution in [3.05, 3.63) is 0 Å². The monoisotopic (exact) mass is 156 g/mol. The number of hydrogen-bond donors (Lipinski definition) is 2. The lowest BCUT2D eigenvalue weighted by Crippen LogP contribution is -2.43. The fraction of sp³-hybridized carbons (Fsp3) is 0.875. The lowest BCUT2D eigenvalue weighted by Gasteiger charge is -2.28. The first-order chi connectivity index (χ1) is 5.25. The molecule has 1 rings (SSSR count). The Morgan fingerprint density at radius 1 is 1.45 bits per heavy atom. The van der Waals surface area contributed by atoms with Gasteiger partial charge in [-0.1, -0.05) is 12.8 Å². The van der Waals surface area contributed by atoms with E-state index in [1.54, 1.807) is 0 Å². The molecule has 0 aliphatic heterocycles. The van der Waals surface area contributed by atoms with Crippen LogP contribution >= 0.6 is 0 Å². The maximum atomic E-state index is 10.9. The van der Waals surface area contributed by atoms with E-state index in [1.165, 1.54) is 6.42 Å². The Kier molecular flexibility index (Phi) is 2.88. The third kappa shape index (κ3) is 1.93. The molecule has 3 nitrogen and oxygen atoms in total. The molecule has 0 spiro atoms. The first-order valence-electron chi connectivity index (χ1n) is 4.22. The Morgan fingerprint density at radius 3 is 2.55 bits per heavy atom. The van der Waals surface area contributed by atoms with Crippen molar-refractivity contribution in [2.45, 2.75) is 31.7 Å². The van der Waals surface area contributed by atoms with Crippen molar-refractivity contribution in [2.75, 3.05) is 7.05 Å². The van der Waals surface area contributed by atoms with Gasteiger partial charge in [0.1, 0.15) is 0 Å². The van der Waals surface area contributed by atoms with Gasteiger partial charge in [0.05, 0.1) is 5.92 Å². The fourth-order valence-corrected chi connectivity index (χ4v) is 1.82. The van der Waals surface area contributed by atoms with E-state index in [2.05, 4.69) is 5.32 Å². The molecule has 1 amide bonds. The quantitative estimate of drug-likeness (QED) is 0.602. The Labute approximate surface area is 67.3 Å². The van der Waals surface area contributed by atoms with Crippen LogP contribution < -0.4 is 11.1 Å². The molecule has 3 N–H and O–H groups in total. The molecule has 1 saturated carbocycles. The molecular weight excluding hydrogens is 140 g/mol. The highest BCUT2D eigenvalue weighted by atomic mass is 16.1. The van der Waals surface area contributed by atoms with Gasteiger partial charge in [-0.3, -0.25) is 4.79 Å². The second-order valence-electron chi connectivity index (χ2n) is 3.19. The minimum absolute atomic E-state index is 0.0637. The number of primary amides is 1. The number of carbonyl (C=O) groups is 1. The third-order valence-corrected chi connectivity index (χ3v) is 2.50. The third-order valence-electron chi connectivity index (χ3n) is 2.50.